The van der Waals surface area contributed by atoms with Crippen LogP contribution < -0.4 is 16.0 Å². The summed E-state index contributed by atoms with van der Waals surface area (Å²) in [5.74, 6) is -1.82. The van der Waals surface area contributed by atoms with E-state index >= 15 is 0 Å². The molecule has 0 radical (unpaired) electrons. The van der Waals surface area contributed by atoms with Gasteiger partial charge in [0, 0.05) is 49.5 Å². The zero-order valence-electron chi connectivity index (χ0n) is 19.0. The molecule has 1 atom stereocenters. The van der Waals surface area contributed by atoms with Gasteiger partial charge in [-0.25, -0.2) is 9.97 Å². The van der Waals surface area contributed by atoms with Crippen LogP contribution >= 0.6 is 22.9 Å². The lowest BCUT2D eigenvalue weighted by Crippen LogP contribution is -2.47. The number of carbonyl (C=O) groups excluding carboxylic acids is 3. The second-order valence-corrected chi connectivity index (χ2v) is 9.65. The number of carbonyl (C=O) groups is 3. The van der Waals surface area contributed by atoms with Gasteiger partial charge in [-0.3, -0.25) is 19.4 Å². The lowest BCUT2D eigenvalue weighted by molar-refractivity contribution is -0.136. The van der Waals surface area contributed by atoms with Crippen molar-refractivity contribution in [3.05, 3.63) is 69.0 Å². The van der Waals surface area contributed by atoms with Crippen LogP contribution in [0.1, 0.15) is 25.9 Å². The molecular formula is C23H24ClN7O3S. The van der Waals surface area contributed by atoms with Gasteiger partial charge in [0.1, 0.15) is 5.82 Å². The van der Waals surface area contributed by atoms with Crippen LogP contribution in [0.25, 0.3) is 0 Å². The zero-order valence-corrected chi connectivity index (χ0v) is 20.5. The van der Waals surface area contributed by atoms with E-state index in [0.29, 0.717) is 16.5 Å². The molecule has 3 aromatic rings. The van der Waals surface area contributed by atoms with Crippen LogP contribution in [-0.2, 0) is 29.0 Å². The lowest BCUT2D eigenvalue weighted by atomic mass is 10.1. The minimum absolute atomic E-state index is 0.0438. The van der Waals surface area contributed by atoms with E-state index in [4.69, 9.17) is 11.6 Å². The van der Waals surface area contributed by atoms with E-state index in [1.54, 1.807) is 18.5 Å². The van der Waals surface area contributed by atoms with Gasteiger partial charge in [-0.1, -0.05) is 11.6 Å². The fraction of sp³-hybridized carbons (Fsp3) is 0.304. The van der Waals surface area contributed by atoms with Crippen LogP contribution in [0, 0.1) is 0 Å². The van der Waals surface area contributed by atoms with Gasteiger partial charge in [0.2, 0.25) is 0 Å². The maximum Gasteiger partial charge on any atom is 0.314 e. The van der Waals surface area contributed by atoms with Crippen LogP contribution in [-0.4, -0.2) is 63.8 Å². The molecule has 0 aromatic carbocycles. The Balaban J connectivity index is 1.39. The Kier molecular flexibility index (Phi) is 8.01. The average molecular weight is 514 g/mol. The molecule has 0 spiro atoms. The largest absolute Gasteiger partial charge is 0.346 e. The topological polar surface area (TPSA) is 129 Å². The van der Waals surface area contributed by atoms with Crippen LogP contribution in [0.5, 0.6) is 0 Å². The molecule has 0 saturated heterocycles. The van der Waals surface area contributed by atoms with Crippen molar-refractivity contribution in [1.29, 1.82) is 0 Å². The minimum Gasteiger partial charge on any atom is -0.346 e. The molecule has 1 aliphatic heterocycles. The third kappa shape index (κ3) is 6.81. The Morgan fingerprint density at radius 2 is 1.97 bits per heavy atom. The van der Waals surface area contributed by atoms with Crippen molar-refractivity contribution in [1.82, 2.24) is 30.5 Å². The predicted molar refractivity (Wildman–Crippen MR) is 132 cm³/mol. The third-order valence-corrected chi connectivity index (χ3v) is 6.67. The Bertz CT molecular complexity index is 1200. The molecule has 0 saturated carbocycles. The maximum atomic E-state index is 13.0. The fourth-order valence-electron chi connectivity index (χ4n) is 3.56. The Morgan fingerprint density at radius 3 is 2.71 bits per heavy atom. The van der Waals surface area contributed by atoms with E-state index < -0.39 is 17.9 Å². The molecule has 3 amide bonds. The fourth-order valence-corrected chi connectivity index (χ4v) is 4.77. The lowest BCUT2D eigenvalue weighted by Gasteiger charge is -2.20. The quantitative estimate of drug-likeness (QED) is 0.410. The number of halogens is 1. The van der Waals surface area contributed by atoms with Crippen LogP contribution in [0.3, 0.4) is 0 Å². The summed E-state index contributed by atoms with van der Waals surface area (Å²) in [6.45, 7) is 1.72. The summed E-state index contributed by atoms with van der Waals surface area (Å²) in [5, 5.41) is 8.76. The normalized spacial score (nSPS) is 14.0. The Morgan fingerprint density at radius 1 is 1.17 bits per heavy atom. The first kappa shape index (κ1) is 24.7. The van der Waals surface area contributed by atoms with Gasteiger partial charge in [-0.15, -0.1) is 11.3 Å². The van der Waals surface area contributed by atoms with E-state index in [2.05, 4.69) is 35.8 Å². The molecule has 1 unspecified atom stereocenters. The third-order valence-electron chi connectivity index (χ3n) is 5.37. The Labute approximate surface area is 211 Å². The summed E-state index contributed by atoms with van der Waals surface area (Å²) < 4.78 is 0. The number of aromatic nitrogens is 3. The standard InChI is InChI=1S/C23H24ClN7O3S/c1-31-9-6-17-18(13-31)35-23(29-17)22(34)28-16(10-14-4-7-25-8-5-14)12-27-20(32)21(33)30-19-3-2-15(24)11-26-19/h2-5,7-8,11,16H,6,9-10,12-13H2,1H3,(H,27,32)(H,28,34)(H,26,30,33). The molecule has 0 fully saturated rings. The maximum absolute atomic E-state index is 13.0. The number of hydrogen-bond acceptors (Lipinski definition) is 8. The smallest absolute Gasteiger partial charge is 0.314 e. The van der Waals surface area contributed by atoms with Gasteiger partial charge < -0.3 is 20.9 Å². The van der Waals surface area contributed by atoms with Crippen LogP contribution in [0.15, 0.2) is 42.9 Å². The molecule has 3 N–H and O–H groups in total. The van der Waals surface area contributed by atoms with Crippen LogP contribution in [0.4, 0.5) is 5.82 Å². The number of hydrogen-bond donors (Lipinski definition) is 3. The van der Waals surface area contributed by atoms with Crippen molar-refractivity contribution >= 4 is 46.5 Å². The van der Waals surface area contributed by atoms with Gasteiger partial charge in [-0.2, -0.15) is 0 Å². The van der Waals surface area contributed by atoms with Crippen molar-refractivity contribution in [2.24, 2.45) is 0 Å². The number of amides is 3. The highest BCUT2D eigenvalue weighted by molar-refractivity contribution is 7.13. The van der Waals surface area contributed by atoms with Gasteiger partial charge in [0.25, 0.3) is 5.91 Å². The predicted octanol–water partition coefficient (Wildman–Crippen LogP) is 1.67. The van der Waals surface area contributed by atoms with Crippen molar-refractivity contribution < 1.29 is 14.4 Å². The summed E-state index contributed by atoms with van der Waals surface area (Å²) in [6, 6.07) is 6.23. The van der Waals surface area contributed by atoms with Gasteiger partial charge in [-0.05, 0) is 43.3 Å². The van der Waals surface area contributed by atoms with Crippen molar-refractivity contribution in [3.63, 3.8) is 0 Å². The van der Waals surface area contributed by atoms with Crippen molar-refractivity contribution in [2.45, 2.75) is 25.4 Å². The first-order valence-corrected chi connectivity index (χ1v) is 12.1. The molecule has 12 heteroatoms. The molecule has 182 valence electrons. The minimum atomic E-state index is -0.870. The highest BCUT2D eigenvalue weighted by Gasteiger charge is 2.24. The first-order valence-electron chi connectivity index (χ1n) is 10.9. The van der Waals surface area contributed by atoms with E-state index in [1.165, 1.54) is 23.6 Å². The molecule has 0 bridgehead atoms. The number of anilines is 1. The highest BCUT2D eigenvalue weighted by atomic mass is 35.5. The van der Waals surface area contributed by atoms with E-state index in [9.17, 15) is 14.4 Å². The van der Waals surface area contributed by atoms with Crippen molar-refractivity contribution in [2.75, 3.05) is 25.5 Å². The number of fused-ring (bicyclic) bond motifs is 1. The zero-order chi connectivity index (χ0) is 24.8. The SMILES string of the molecule is CN1CCc2nc(C(=O)NC(CNC(=O)C(=O)Nc3ccc(Cl)cn3)Cc3ccncc3)sc2C1. The molecule has 3 aromatic heterocycles. The van der Waals surface area contributed by atoms with Gasteiger partial charge >= 0.3 is 11.8 Å². The van der Waals surface area contributed by atoms with Crippen LogP contribution in [0.2, 0.25) is 5.02 Å². The molecule has 4 heterocycles. The number of likely N-dealkylation sites (N-methyl/N-ethyl adjacent to an activating group) is 1. The number of nitrogens with one attached hydrogen (secondary N) is 3. The summed E-state index contributed by atoms with van der Waals surface area (Å²) in [7, 11) is 2.04. The second-order valence-electron chi connectivity index (χ2n) is 8.13. The second kappa shape index (κ2) is 11.3. The van der Waals surface area contributed by atoms with E-state index in [-0.39, 0.29) is 18.3 Å². The average Bonchev–Trinajstić information content (AvgIpc) is 3.28. The van der Waals surface area contributed by atoms with E-state index in [1.807, 2.05) is 19.2 Å². The molecular weight excluding hydrogens is 490 g/mol. The number of nitrogens with zero attached hydrogens (tertiary/aromatic N) is 4. The Hall–Kier alpha value is -3.41. The number of rotatable bonds is 7. The summed E-state index contributed by atoms with van der Waals surface area (Å²) >= 11 is 7.17. The molecule has 4 rings (SSSR count). The summed E-state index contributed by atoms with van der Waals surface area (Å²) in [4.78, 5) is 53.4. The first-order chi connectivity index (χ1) is 16.9. The summed E-state index contributed by atoms with van der Waals surface area (Å²) in [6.07, 6.45) is 5.92. The molecule has 10 nitrogen and oxygen atoms in total. The molecule has 1 aliphatic rings. The highest BCUT2D eigenvalue weighted by Crippen LogP contribution is 2.24. The number of pyridine rings is 2. The monoisotopic (exact) mass is 513 g/mol. The van der Waals surface area contributed by atoms with Gasteiger partial charge in [0.05, 0.1) is 16.8 Å². The van der Waals surface area contributed by atoms with E-state index in [0.717, 1.165) is 35.6 Å². The summed E-state index contributed by atoms with van der Waals surface area (Å²) in [5.41, 5.74) is 1.89. The molecule has 0 aliphatic carbocycles. The molecule has 35 heavy (non-hydrogen) atoms. The number of thiazole rings is 1. The van der Waals surface area contributed by atoms with Gasteiger partial charge in [0.15, 0.2) is 5.01 Å². The van der Waals surface area contributed by atoms with Crippen molar-refractivity contribution in [3.8, 4) is 0 Å².